The van der Waals surface area contributed by atoms with Gasteiger partial charge in [-0.25, -0.2) is 0 Å². The quantitative estimate of drug-likeness (QED) is 0.762. The highest BCUT2D eigenvalue weighted by Crippen LogP contribution is 2.42. The highest BCUT2D eigenvalue weighted by molar-refractivity contribution is 5.02. The zero-order chi connectivity index (χ0) is 17.8. The summed E-state index contributed by atoms with van der Waals surface area (Å²) in [6, 6.07) is 2.80. The molecule has 25 heavy (non-hydrogen) atoms. The van der Waals surface area contributed by atoms with Crippen LogP contribution in [-0.2, 0) is 4.74 Å². The molecule has 4 heterocycles. The predicted molar refractivity (Wildman–Crippen MR) is 103 cm³/mol. The van der Waals surface area contributed by atoms with Crippen molar-refractivity contribution in [2.45, 2.75) is 71.6 Å². The molecule has 0 spiro atoms. The van der Waals surface area contributed by atoms with Crippen LogP contribution in [0.1, 0.15) is 47.5 Å². The summed E-state index contributed by atoms with van der Waals surface area (Å²) in [5.74, 6) is 1.63. The van der Waals surface area contributed by atoms with Gasteiger partial charge < -0.3 is 4.74 Å². The number of nitrogens with zero attached hydrogens (tertiary/aromatic N) is 3. The van der Waals surface area contributed by atoms with Crippen molar-refractivity contribution in [3.63, 3.8) is 0 Å². The molecule has 4 aliphatic heterocycles. The molecule has 0 saturated carbocycles. The zero-order valence-corrected chi connectivity index (χ0v) is 17.1. The molecule has 0 N–H and O–H groups in total. The third kappa shape index (κ3) is 3.52. The van der Waals surface area contributed by atoms with Crippen LogP contribution in [0.5, 0.6) is 0 Å². The molecule has 4 nitrogen and oxygen atoms in total. The van der Waals surface area contributed by atoms with Crippen LogP contribution in [0.2, 0.25) is 0 Å². The fourth-order valence-electron chi connectivity index (χ4n) is 5.82. The number of hydrogen-bond donors (Lipinski definition) is 0. The minimum Gasteiger partial charge on any atom is -0.378 e. The van der Waals surface area contributed by atoms with Crippen LogP contribution in [0.3, 0.4) is 0 Å². The molecule has 4 rings (SSSR count). The SMILES string of the molecule is CC(C)N1CCN2CC(C3COCC4CC(C(C)(C)C)CN43)CC2C1. The van der Waals surface area contributed by atoms with Crippen LogP contribution in [0.15, 0.2) is 0 Å². The van der Waals surface area contributed by atoms with Gasteiger partial charge in [-0.05, 0) is 43.9 Å². The van der Waals surface area contributed by atoms with E-state index in [-0.39, 0.29) is 0 Å². The van der Waals surface area contributed by atoms with Crippen LogP contribution < -0.4 is 0 Å². The second-order valence-electron chi connectivity index (χ2n) is 10.5. The molecule has 4 aliphatic rings. The maximum absolute atomic E-state index is 6.11. The van der Waals surface area contributed by atoms with E-state index in [4.69, 9.17) is 4.74 Å². The van der Waals surface area contributed by atoms with Crippen LogP contribution in [0.4, 0.5) is 0 Å². The van der Waals surface area contributed by atoms with Gasteiger partial charge in [0.05, 0.1) is 13.2 Å². The normalized spacial score (nSPS) is 41.3. The van der Waals surface area contributed by atoms with Gasteiger partial charge in [-0.3, -0.25) is 14.7 Å². The molecule has 0 amide bonds. The first kappa shape index (κ1) is 18.2. The molecule has 0 radical (unpaired) electrons. The van der Waals surface area contributed by atoms with E-state index in [0.29, 0.717) is 23.5 Å². The molecule has 0 aliphatic carbocycles. The van der Waals surface area contributed by atoms with Gasteiger partial charge in [0, 0.05) is 56.9 Å². The van der Waals surface area contributed by atoms with Gasteiger partial charge in [0.2, 0.25) is 0 Å². The Morgan fingerprint density at radius 3 is 2.44 bits per heavy atom. The van der Waals surface area contributed by atoms with E-state index in [2.05, 4.69) is 49.3 Å². The summed E-state index contributed by atoms with van der Waals surface area (Å²) in [4.78, 5) is 8.32. The van der Waals surface area contributed by atoms with Crippen molar-refractivity contribution in [3.05, 3.63) is 0 Å². The minimum absolute atomic E-state index is 0.423. The molecule has 0 aromatic carbocycles. The van der Waals surface area contributed by atoms with Crippen molar-refractivity contribution >= 4 is 0 Å². The van der Waals surface area contributed by atoms with E-state index < -0.39 is 0 Å². The minimum atomic E-state index is 0.423. The van der Waals surface area contributed by atoms with Crippen LogP contribution >= 0.6 is 0 Å². The van der Waals surface area contributed by atoms with Crippen molar-refractivity contribution in [1.82, 2.24) is 14.7 Å². The van der Waals surface area contributed by atoms with Crippen LogP contribution in [-0.4, -0.2) is 84.8 Å². The Bertz CT molecular complexity index is 474. The van der Waals surface area contributed by atoms with Crippen molar-refractivity contribution in [1.29, 1.82) is 0 Å². The summed E-state index contributed by atoms with van der Waals surface area (Å²) in [6.07, 6.45) is 2.71. The summed E-state index contributed by atoms with van der Waals surface area (Å²) >= 11 is 0. The molecule has 5 atom stereocenters. The molecule has 0 aromatic rings. The Kier molecular flexibility index (Phi) is 4.94. The topological polar surface area (TPSA) is 19.0 Å². The van der Waals surface area contributed by atoms with Gasteiger partial charge >= 0.3 is 0 Å². The maximum Gasteiger partial charge on any atom is 0.0625 e. The van der Waals surface area contributed by atoms with Crippen molar-refractivity contribution in [3.8, 4) is 0 Å². The fraction of sp³-hybridized carbons (Fsp3) is 1.00. The third-order valence-corrected chi connectivity index (χ3v) is 7.66. The summed E-state index contributed by atoms with van der Waals surface area (Å²) < 4.78 is 6.11. The Morgan fingerprint density at radius 1 is 0.920 bits per heavy atom. The number of fused-ring (bicyclic) bond motifs is 2. The summed E-state index contributed by atoms with van der Waals surface area (Å²) in [7, 11) is 0. The fourth-order valence-corrected chi connectivity index (χ4v) is 5.82. The van der Waals surface area contributed by atoms with Crippen LogP contribution in [0.25, 0.3) is 0 Å². The lowest BCUT2D eigenvalue weighted by atomic mass is 9.79. The van der Waals surface area contributed by atoms with Crippen molar-refractivity contribution in [2.24, 2.45) is 17.3 Å². The monoisotopic (exact) mass is 349 g/mol. The lowest BCUT2D eigenvalue weighted by molar-refractivity contribution is -0.0494. The average molecular weight is 350 g/mol. The first-order valence-corrected chi connectivity index (χ1v) is 10.6. The van der Waals surface area contributed by atoms with E-state index in [1.807, 2.05) is 0 Å². The number of rotatable bonds is 2. The molecule has 4 saturated heterocycles. The van der Waals surface area contributed by atoms with E-state index >= 15 is 0 Å². The third-order valence-electron chi connectivity index (χ3n) is 7.66. The van der Waals surface area contributed by atoms with E-state index in [9.17, 15) is 0 Å². The van der Waals surface area contributed by atoms with Gasteiger partial charge in [-0.2, -0.15) is 0 Å². The predicted octanol–water partition coefficient (Wildman–Crippen LogP) is 2.54. The number of piperazine rings is 1. The second-order valence-corrected chi connectivity index (χ2v) is 10.5. The number of hydrogen-bond acceptors (Lipinski definition) is 4. The summed E-state index contributed by atoms with van der Waals surface area (Å²) in [5.41, 5.74) is 0.423. The van der Waals surface area contributed by atoms with E-state index in [1.165, 1.54) is 45.6 Å². The van der Waals surface area contributed by atoms with Crippen molar-refractivity contribution < 1.29 is 4.74 Å². The van der Waals surface area contributed by atoms with E-state index in [1.54, 1.807) is 0 Å². The highest BCUT2D eigenvalue weighted by atomic mass is 16.5. The van der Waals surface area contributed by atoms with Gasteiger partial charge in [0.1, 0.15) is 0 Å². The first-order chi connectivity index (χ1) is 11.8. The van der Waals surface area contributed by atoms with Gasteiger partial charge in [-0.15, -0.1) is 0 Å². The number of ether oxygens (including phenoxy) is 1. The molecular formula is C21H39N3O. The number of morpholine rings is 1. The molecular weight excluding hydrogens is 310 g/mol. The average Bonchev–Trinajstić information content (AvgIpc) is 3.17. The molecule has 5 unspecified atom stereocenters. The lowest BCUT2D eigenvalue weighted by Gasteiger charge is -2.41. The second kappa shape index (κ2) is 6.78. The van der Waals surface area contributed by atoms with Gasteiger partial charge in [0.15, 0.2) is 0 Å². The molecule has 0 bridgehead atoms. The largest absolute Gasteiger partial charge is 0.378 e. The summed E-state index contributed by atoms with van der Waals surface area (Å²) in [5, 5.41) is 0. The highest BCUT2D eigenvalue weighted by Gasteiger charge is 2.48. The Labute approximate surface area is 154 Å². The van der Waals surface area contributed by atoms with Gasteiger partial charge in [0.25, 0.3) is 0 Å². The molecule has 4 fully saturated rings. The standard InChI is InChI=1S/C21H39N3O/c1-15(2)22-6-7-23-10-16(8-18(23)12-22)20-14-25-13-19-9-17(11-24(19)20)21(3,4)5/h15-20H,6-14H2,1-5H3. The first-order valence-electron chi connectivity index (χ1n) is 10.6. The molecule has 144 valence electrons. The van der Waals surface area contributed by atoms with Gasteiger partial charge in [-0.1, -0.05) is 20.8 Å². The van der Waals surface area contributed by atoms with Crippen molar-refractivity contribution in [2.75, 3.05) is 45.9 Å². The van der Waals surface area contributed by atoms with Crippen LogP contribution in [0, 0.1) is 17.3 Å². The summed E-state index contributed by atoms with van der Waals surface area (Å²) in [6.45, 7) is 20.3. The molecule has 0 aromatic heterocycles. The molecule has 4 heteroatoms. The van der Waals surface area contributed by atoms with E-state index in [0.717, 1.165) is 31.1 Å². The Hall–Kier alpha value is -0.160. The Balaban J connectivity index is 1.42. The smallest absolute Gasteiger partial charge is 0.0625 e. The Morgan fingerprint density at radius 2 is 1.72 bits per heavy atom. The zero-order valence-electron chi connectivity index (χ0n) is 17.1. The lowest BCUT2D eigenvalue weighted by Crippen LogP contribution is -2.53. The maximum atomic E-state index is 6.11.